The summed E-state index contributed by atoms with van der Waals surface area (Å²) in [4.78, 5) is 13.1. The smallest absolute Gasteiger partial charge is 0.346 e. The fourth-order valence-corrected chi connectivity index (χ4v) is 2.20. The van der Waals surface area contributed by atoms with Crippen molar-refractivity contribution in [2.24, 2.45) is 0 Å². The molecule has 0 heterocycles. The van der Waals surface area contributed by atoms with Gasteiger partial charge in [0.15, 0.2) is 0 Å². The predicted molar refractivity (Wildman–Crippen MR) is 79.3 cm³/mol. The van der Waals surface area contributed by atoms with Crippen LogP contribution in [0.3, 0.4) is 0 Å². The lowest BCUT2D eigenvalue weighted by atomic mass is 10.1. The Morgan fingerprint density at radius 2 is 1.82 bits per heavy atom. The third kappa shape index (κ3) is 5.04. The van der Waals surface area contributed by atoms with Crippen LogP contribution in [0.25, 0.3) is 10.8 Å². The second-order valence-electron chi connectivity index (χ2n) is 5.25. The molecule has 0 unspecified atom stereocenters. The number of carbonyl (C=O) groups is 1. The quantitative estimate of drug-likeness (QED) is 0.921. The van der Waals surface area contributed by atoms with Crippen molar-refractivity contribution in [2.75, 3.05) is 20.1 Å². The van der Waals surface area contributed by atoms with Gasteiger partial charge in [0.05, 0.1) is 6.54 Å². The second-order valence-corrected chi connectivity index (χ2v) is 5.25. The standard InChI is InChI=1S/C16H17F3N2O/c1-21(10-15(22)20-11-16(17,18)19)9-12-6-7-13-4-2-3-5-14(13)8-12/h2-8H,9-11H2,1H3,(H,20,22). The maximum atomic E-state index is 12.0. The molecule has 0 fully saturated rings. The van der Waals surface area contributed by atoms with Crippen molar-refractivity contribution < 1.29 is 18.0 Å². The molecular weight excluding hydrogens is 293 g/mol. The minimum Gasteiger partial charge on any atom is -0.346 e. The highest BCUT2D eigenvalue weighted by molar-refractivity contribution is 5.83. The molecule has 0 atom stereocenters. The number of hydrogen-bond acceptors (Lipinski definition) is 2. The van der Waals surface area contributed by atoms with Gasteiger partial charge in [-0.05, 0) is 29.4 Å². The van der Waals surface area contributed by atoms with Gasteiger partial charge in [0.25, 0.3) is 0 Å². The summed E-state index contributed by atoms with van der Waals surface area (Å²) in [5.41, 5.74) is 1.00. The molecule has 0 aliphatic rings. The van der Waals surface area contributed by atoms with Gasteiger partial charge in [-0.25, -0.2) is 0 Å². The average Bonchev–Trinajstić information content (AvgIpc) is 2.44. The lowest BCUT2D eigenvalue weighted by Gasteiger charge is -2.17. The van der Waals surface area contributed by atoms with Gasteiger partial charge in [-0.3, -0.25) is 9.69 Å². The predicted octanol–water partition coefficient (Wildman–Crippen LogP) is 2.95. The number of likely N-dealkylation sites (N-methyl/N-ethyl adjacent to an activating group) is 1. The maximum absolute atomic E-state index is 12.0. The largest absolute Gasteiger partial charge is 0.405 e. The Balaban J connectivity index is 1.90. The molecule has 1 N–H and O–H groups in total. The fourth-order valence-electron chi connectivity index (χ4n) is 2.20. The van der Waals surface area contributed by atoms with Crippen molar-refractivity contribution in [1.29, 1.82) is 0 Å². The minimum atomic E-state index is -4.38. The van der Waals surface area contributed by atoms with E-state index in [1.165, 1.54) is 0 Å². The monoisotopic (exact) mass is 310 g/mol. The Morgan fingerprint density at radius 3 is 2.50 bits per heavy atom. The van der Waals surface area contributed by atoms with E-state index >= 15 is 0 Å². The minimum absolute atomic E-state index is 0.0804. The molecule has 0 bridgehead atoms. The first-order chi connectivity index (χ1) is 10.3. The van der Waals surface area contributed by atoms with Crippen molar-refractivity contribution >= 4 is 16.7 Å². The number of alkyl halides is 3. The number of fused-ring (bicyclic) bond motifs is 1. The summed E-state index contributed by atoms with van der Waals surface area (Å²) < 4.78 is 36.1. The summed E-state index contributed by atoms with van der Waals surface area (Å²) in [6, 6.07) is 13.9. The topological polar surface area (TPSA) is 32.3 Å². The number of rotatable bonds is 5. The van der Waals surface area contributed by atoms with Gasteiger partial charge in [-0.1, -0.05) is 36.4 Å². The summed E-state index contributed by atoms with van der Waals surface area (Å²) in [5, 5.41) is 4.08. The highest BCUT2D eigenvalue weighted by Crippen LogP contribution is 2.16. The first-order valence-corrected chi connectivity index (χ1v) is 6.83. The van der Waals surface area contributed by atoms with Gasteiger partial charge in [-0.15, -0.1) is 0 Å². The normalized spacial score (nSPS) is 11.9. The molecule has 2 aromatic carbocycles. The molecular formula is C16H17F3N2O. The number of hydrogen-bond donors (Lipinski definition) is 1. The molecule has 2 rings (SSSR count). The number of carbonyl (C=O) groups excluding carboxylic acids is 1. The van der Waals surface area contributed by atoms with E-state index in [9.17, 15) is 18.0 Å². The number of halogens is 3. The van der Waals surface area contributed by atoms with Crippen molar-refractivity contribution in [1.82, 2.24) is 10.2 Å². The zero-order chi connectivity index (χ0) is 16.2. The molecule has 1 amide bonds. The van der Waals surface area contributed by atoms with Gasteiger partial charge in [0.2, 0.25) is 5.91 Å². The molecule has 2 aromatic rings. The van der Waals surface area contributed by atoms with Gasteiger partial charge >= 0.3 is 6.18 Å². The van der Waals surface area contributed by atoms with Crippen molar-refractivity contribution in [2.45, 2.75) is 12.7 Å². The van der Waals surface area contributed by atoms with Gasteiger partial charge in [0, 0.05) is 6.54 Å². The lowest BCUT2D eigenvalue weighted by molar-refractivity contribution is -0.138. The molecule has 3 nitrogen and oxygen atoms in total. The molecule has 0 spiro atoms. The summed E-state index contributed by atoms with van der Waals surface area (Å²) in [5.74, 6) is -0.638. The fraction of sp³-hybridized carbons (Fsp3) is 0.312. The molecule has 22 heavy (non-hydrogen) atoms. The first-order valence-electron chi connectivity index (χ1n) is 6.83. The Labute approximate surface area is 126 Å². The molecule has 118 valence electrons. The average molecular weight is 310 g/mol. The summed E-state index contributed by atoms with van der Waals surface area (Å²) in [7, 11) is 1.70. The van der Waals surface area contributed by atoms with Crippen LogP contribution in [-0.2, 0) is 11.3 Å². The highest BCUT2D eigenvalue weighted by Gasteiger charge is 2.27. The van der Waals surface area contributed by atoms with Crippen molar-refractivity contribution in [3.05, 3.63) is 48.0 Å². The van der Waals surface area contributed by atoms with Crippen LogP contribution in [-0.4, -0.2) is 37.1 Å². The summed E-state index contributed by atoms with van der Waals surface area (Å²) in [6.07, 6.45) is -4.38. The molecule has 0 saturated carbocycles. The van der Waals surface area contributed by atoms with E-state index in [0.29, 0.717) is 6.54 Å². The van der Waals surface area contributed by atoms with E-state index in [1.54, 1.807) is 11.9 Å². The lowest BCUT2D eigenvalue weighted by Crippen LogP contribution is -2.39. The third-order valence-electron chi connectivity index (χ3n) is 3.17. The molecule has 0 aliphatic heterocycles. The van der Waals surface area contributed by atoms with Crippen LogP contribution in [0, 0.1) is 0 Å². The maximum Gasteiger partial charge on any atom is 0.405 e. The van der Waals surface area contributed by atoms with Crippen LogP contribution >= 0.6 is 0 Å². The Morgan fingerprint density at radius 1 is 1.14 bits per heavy atom. The van der Waals surface area contributed by atoms with Crippen LogP contribution in [0.2, 0.25) is 0 Å². The number of amides is 1. The molecule has 6 heteroatoms. The van der Waals surface area contributed by atoms with Gasteiger partial charge in [0.1, 0.15) is 6.54 Å². The van der Waals surface area contributed by atoms with Gasteiger partial charge in [-0.2, -0.15) is 13.2 Å². The molecule has 0 saturated heterocycles. The van der Waals surface area contributed by atoms with Crippen LogP contribution < -0.4 is 5.32 Å². The molecule has 0 aromatic heterocycles. The zero-order valence-electron chi connectivity index (χ0n) is 12.2. The van der Waals surface area contributed by atoms with Crippen LogP contribution in [0.5, 0.6) is 0 Å². The van der Waals surface area contributed by atoms with E-state index in [4.69, 9.17) is 0 Å². The SMILES string of the molecule is CN(CC(=O)NCC(F)(F)F)Cc1ccc2ccccc2c1. The molecule has 0 radical (unpaired) electrons. The van der Waals surface area contributed by atoms with E-state index < -0.39 is 18.6 Å². The van der Waals surface area contributed by atoms with Crippen LogP contribution in [0.15, 0.2) is 42.5 Å². The zero-order valence-corrected chi connectivity index (χ0v) is 12.2. The van der Waals surface area contributed by atoms with Crippen LogP contribution in [0.4, 0.5) is 13.2 Å². The summed E-state index contributed by atoms with van der Waals surface area (Å²) in [6.45, 7) is -0.886. The third-order valence-corrected chi connectivity index (χ3v) is 3.17. The number of benzene rings is 2. The van der Waals surface area contributed by atoms with Crippen molar-refractivity contribution in [3.63, 3.8) is 0 Å². The van der Waals surface area contributed by atoms with E-state index in [2.05, 4.69) is 0 Å². The number of nitrogens with zero attached hydrogens (tertiary/aromatic N) is 1. The van der Waals surface area contributed by atoms with E-state index in [0.717, 1.165) is 16.3 Å². The Hall–Kier alpha value is -2.08. The van der Waals surface area contributed by atoms with Gasteiger partial charge < -0.3 is 5.32 Å². The van der Waals surface area contributed by atoms with Crippen molar-refractivity contribution in [3.8, 4) is 0 Å². The number of nitrogens with one attached hydrogen (secondary N) is 1. The van der Waals surface area contributed by atoms with E-state index in [1.807, 2.05) is 47.8 Å². The Kier molecular flexibility index (Phi) is 5.03. The Bertz CT molecular complexity index is 655. The molecule has 0 aliphatic carbocycles. The first kappa shape index (κ1) is 16.3. The second kappa shape index (κ2) is 6.79. The highest BCUT2D eigenvalue weighted by atomic mass is 19.4. The van der Waals surface area contributed by atoms with E-state index in [-0.39, 0.29) is 6.54 Å². The van der Waals surface area contributed by atoms with Crippen LogP contribution in [0.1, 0.15) is 5.56 Å². The summed E-state index contributed by atoms with van der Waals surface area (Å²) >= 11 is 0.